The third-order valence-corrected chi connectivity index (χ3v) is 3.12. The Kier molecular flexibility index (Phi) is 4.59. The van der Waals surface area contributed by atoms with Gasteiger partial charge in [-0.3, -0.25) is 4.90 Å². The number of methoxy groups -OCH3 is 1. The smallest absolute Gasteiger partial charge is 0.213 e. The second-order valence-corrected chi connectivity index (χ2v) is 4.36. The first-order chi connectivity index (χ1) is 8.31. The summed E-state index contributed by atoms with van der Waals surface area (Å²) in [5.41, 5.74) is 1.01. The lowest BCUT2D eigenvalue weighted by Crippen LogP contribution is -2.42. The third kappa shape index (κ3) is 3.56. The Labute approximate surface area is 106 Å². The van der Waals surface area contributed by atoms with E-state index in [9.17, 15) is 0 Å². The molecule has 0 radical (unpaired) electrons. The predicted octanol–water partition coefficient (Wildman–Crippen LogP) is 1.53. The molecule has 1 saturated heterocycles. The molecule has 0 aliphatic carbocycles. The molecule has 1 aliphatic heterocycles. The van der Waals surface area contributed by atoms with Crippen LogP contribution >= 0.6 is 11.6 Å². The largest absolute Gasteiger partial charge is 0.481 e. The van der Waals surface area contributed by atoms with Gasteiger partial charge in [0.1, 0.15) is 0 Å². The SMILES string of the molecule is COc1cccc(CN2CCOC(CCl)C2)n1. The molecule has 1 fully saturated rings. The molecule has 94 valence electrons. The van der Waals surface area contributed by atoms with Crippen LogP contribution in [0.25, 0.3) is 0 Å². The number of alkyl halides is 1. The molecule has 17 heavy (non-hydrogen) atoms. The topological polar surface area (TPSA) is 34.6 Å². The quantitative estimate of drug-likeness (QED) is 0.766. The zero-order chi connectivity index (χ0) is 12.1. The fourth-order valence-corrected chi connectivity index (χ4v) is 2.09. The van der Waals surface area contributed by atoms with Gasteiger partial charge in [0.2, 0.25) is 5.88 Å². The van der Waals surface area contributed by atoms with Gasteiger partial charge in [-0.25, -0.2) is 4.98 Å². The van der Waals surface area contributed by atoms with Crippen molar-refractivity contribution in [2.75, 3.05) is 32.7 Å². The molecule has 0 bridgehead atoms. The van der Waals surface area contributed by atoms with E-state index in [-0.39, 0.29) is 6.10 Å². The van der Waals surface area contributed by atoms with Gasteiger partial charge in [-0.15, -0.1) is 11.6 Å². The van der Waals surface area contributed by atoms with Crippen LogP contribution in [0, 0.1) is 0 Å². The van der Waals surface area contributed by atoms with Crippen molar-refractivity contribution in [1.82, 2.24) is 9.88 Å². The Morgan fingerprint density at radius 2 is 2.47 bits per heavy atom. The zero-order valence-corrected chi connectivity index (χ0v) is 10.7. The summed E-state index contributed by atoms with van der Waals surface area (Å²) >= 11 is 5.81. The van der Waals surface area contributed by atoms with Crippen LogP contribution in [0.2, 0.25) is 0 Å². The maximum absolute atomic E-state index is 5.81. The van der Waals surface area contributed by atoms with Crippen LogP contribution in [0.15, 0.2) is 18.2 Å². The predicted molar refractivity (Wildman–Crippen MR) is 66.5 cm³/mol. The van der Waals surface area contributed by atoms with E-state index in [1.54, 1.807) is 7.11 Å². The molecule has 0 amide bonds. The lowest BCUT2D eigenvalue weighted by atomic mass is 10.2. The Hall–Kier alpha value is -0.840. The number of pyridine rings is 1. The summed E-state index contributed by atoms with van der Waals surface area (Å²) in [6.45, 7) is 3.34. The minimum Gasteiger partial charge on any atom is -0.481 e. The number of morpholine rings is 1. The molecule has 4 nitrogen and oxygen atoms in total. The van der Waals surface area contributed by atoms with Crippen molar-refractivity contribution in [2.45, 2.75) is 12.6 Å². The fraction of sp³-hybridized carbons (Fsp3) is 0.583. The number of rotatable bonds is 4. The summed E-state index contributed by atoms with van der Waals surface area (Å²) in [5.74, 6) is 1.20. The number of ether oxygens (including phenoxy) is 2. The summed E-state index contributed by atoms with van der Waals surface area (Å²) < 4.78 is 10.6. The summed E-state index contributed by atoms with van der Waals surface area (Å²) in [4.78, 5) is 6.70. The van der Waals surface area contributed by atoms with E-state index in [1.165, 1.54) is 0 Å². The fourth-order valence-electron chi connectivity index (χ4n) is 1.91. The van der Waals surface area contributed by atoms with E-state index in [4.69, 9.17) is 21.1 Å². The molecule has 0 aromatic carbocycles. The number of aromatic nitrogens is 1. The summed E-state index contributed by atoms with van der Waals surface area (Å²) in [7, 11) is 1.63. The molecule has 1 aromatic rings. The van der Waals surface area contributed by atoms with Crippen LogP contribution in [0.1, 0.15) is 5.69 Å². The van der Waals surface area contributed by atoms with Crippen LogP contribution in [0.3, 0.4) is 0 Å². The van der Waals surface area contributed by atoms with Crippen LogP contribution < -0.4 is 4.74 Å². The van der Waals surface area contributed by atoms with Crippen LogP contribution in [-0.4, -0.2) is 48.7 Å². The maximum atomic E-state index is 5.81. The minimum atomic E-state index is 0.135. The lowest BCUT2D eigenvalue weighted by molar-refractivity contribution is -0.0198. The second kappa shape index (κ2) is 6.19. The molecular formula is C12H17ClN2O2. The highest BCUT2D eigenvalue weighted by atomic mass is 35.5. The van der Waals surface area contributed by atoms with Gasteiger partial charge >= 0.3 is 0 Å². The first kappa shape index (κ1) is 12.6. The maximum Gasteiger partial charge on any atom is 0.213 e. The van der Waals surface area contributed by atoms with Gasteiger partial charge in [0.05, 0.1) is 25.5 Å². The second-order valence-electron chi connectivity index (χ2n) is 4.05. The number of hydrogen-bond acceptors (Lipinski definition) is 4. The van der Waals surface area contributed by atoms with Crippen LogP contribution in [-0.2, 0) is 11.3 Å². The van der Waals surface area contributed by atoms with Gasteiger partial charge in [0.25, 0.3) is 0 Å². The van der Waals surface area contributed by atoms with Gasteiger partial charge in [-0.05, 0) is 6.07 Å². The monoisotopic (exact) mass is 256 g/mol. The van der Waals surface area contributed by atoms with Gasteiger partial charge in [0.15, 0.2) is 0 Å². The van der Waals surface area contributed by atoms with Crippen molar-refractivity contribution >= 4 is 11.6 Å². The minimum absolute atomic E-state index is 0.135. The van der Waals surface area contributed by atoms with Crippen molar-refractivity contribution in [3.05, 3.63) is 23.9 Å². The Bertz CT molecular complexity index is 362. The molecule has 1 unspecified atom stereocenters. The molecule has 5 heteroatoms. The van der Waals surface area contributed by atoms with E-state index in [2.05, 4.69) is 9.88 Å². The van der Waals surface area contributed by atoms with Gasteiger partial charge in [-0.2, -0.15) is 0 Å². The van der Waals surface area contributed by atoms with Crippen molar-refractivity contribution in [2.24, 2.45) is 0 Å². The third-order valence-electron chi connectivity index (χ3n) is 2.77. The zero-order valence-electron chi connectivity index (χ0n) is 9.93. The van der Waals surface area contributed by atoms with E-state index in [0.29, 0.717) is 11.8 Å². The average Bonchev–Trinajstić information content (AvgIpc) is 2.39. The van der Waals surface area contributed by atoms with E-state index < -0.39 is 0 Å². The standard InChI is InChI=1S/C12H17ClN2O2/c1-16-12-4-2-3-10(14-12)8-15-5-6-17-11(7-13)9-15/h2-4,11H,5-9H2,1H3. The molecular weight excluding hydrogens is 240 g/mol. The number of halogens is 1. The summed E-state index contributed by atoms with van der Waals surface area (Å²) in [6.07, 6.45) is 0.135. The first-order valence-electron chi connectivity index (χ1n) is 5.71. The highest BCUT2D eigenvalue weighted by Gasteiger charge is 2.19. The molecule has 1 atom stereocenters. The Balaban J connectivity index is 1.95. The van der Waals surface area contributed by atoms with E-state index in [1.807, 2.05) is 18.2 Å². The molecule has 0 N–H and O–H groups in total. The Morgan fingerprint density at radius 1 is 1.59 bits per heavy atom. The van der Waals surface area contributed by atoms with Crippen LogP contribution in [0.4, 0.5) is 0 Å². The van der Waals surface area contributed by atoms with Crippen molar-refractivity contribution in [3.8, 4) is 5.88 Å². The van der Waals surface area contributed by atoms with Gasteiger partial charge in [0, 0.05) is 31.6 Å². The molecule has 0 spiro atoms. The Morgan fingerprint density at radius 3 is 3.24 bits per heavy atom. The van der Waals surface area contributed by atoms with Gasteiger partial charge < -0.3 is 9.47 Å². The molecule has 2 rings (SSSR count). The molecule has 0 saturated carbocycles. The van der Waals surface area contributed by atoms with Crippen LogP contribution in [0.5, 0.6) is 5.88 Å². The first-order valence-corrected chi connectivity index (χ1v) is 6.25. The van der Waals surface area contributed by atoms with E-state index in [0.717, 1.165) is 31.9 Å². The molecule has 1 aromatic heterocycles. The molecule has 2 heterocycles. The van der Waals surface area contributed by atoms with Crippen molar-refractivity contribution < 1.29 is 9.47 Å². The van der Waals surface area contributed by atoms with E-state index >= 15 is 0 Å². The van der Waals surface area contributed by atoms with Gasteiger partial charge in [-0.1, -0.05) is 6.07 Å². The normalized spacial score (nSPS) is 21.4. The average molecular weight is 257 g/mol. The van der Waals surface area contributed by atoms with Crippen molar-refractivity contribution in [1.29, 1.82) is 0 Å². The summed E-state index contributed by atoms with van der Waals surface area (Å²) in [5, 5.41) is 0. The molecule has 1 aliphatic rings. The number of hydrogen-bond donors (Lipinski definition) is 0. The lowest BCUT2D eigenvalue weighted by Gasteiger charge is -2.31. The highest BCUT2D eigenvalue weighted by Crippen LogP contribution is 2.12. The van der Waals surface area contributed by atoms with Crippen molar-refractivity contribution in [3.63, 3.8) is 0 Å². The highest BCUT2D eigenvalue weighted by molar-refractivity contribution is 6.18. The summed E-state index contributed by atoms with van der Waals surface area (Å²) in [6, 6.07) is 5.82. The number of nitrogens with zero attached hydrogens (tertiary/aromatic N) is 2.